The van der Waals surface area contributed by atoms with Gasteiger partial charge in [0.2, 0.25) is 0 Å². The van der Waals surface area contributed by atoms with Gasteiger partial charge in [-0.3, -0.25) is 0 Å². The van der Waals surface area contributed by atoms with E-state index in [9.17, 15) is 17.3 Å². The minimum atomic E-state index is -5.39. The molecule has 2 N–H and O–H groups in total. The summed E-state index contributed by atoms with van der Waals surface area (Å²) in [5, 5.41) is 11.5. The van der Waals surface area contributed by atoms with Crippen molar-refractivity contribution in [2.75, 3.05) is 0 Å². The Kier molecular flexibility index (Phi) is 5.25. The summed E-state index contributed by atoms with van der Waals surface area (Å²) in [6, 6.07) is 1.30. The molecule has 9 nitrogen and oxygen atoms in total. The molecule has 0 spiro atoms. The van der Waals surface area contributed by atoms with E-state index in [0.29, 0.717) is 6.07 Å². The molecule has 0 aromatic heterocycles. The first-order valence-electron chi connectivity index (χ1n) is 4.77. The molecule has 0 aliphatic carbocycles. The van der Waals surface area contributed by atoms with E-state index in [4.69, 9.17) is 10.8 Å². The second-order valence-corrected chi connectivity index (χ2v) is 7.07. The number of benzene rings is 1. The van der Waals surface area contributed by atoms with Crippen LogP contribution in [0.1, 0.15) is 6.92 Å². The zero-order valence-electron chi connectivity index (χ0n) is 9.78. The van der Waals surface area contributed by atoms with Crippen molar-refractivity contribution >= 4 is 30.1 Å². The van der Waals surface area contributed by atoms with Crippen molar-refractivity contribution < 1.29 is 30.3 Å². The summed E-state index contributed by atoms with van der Waals surface area (Å²) in [6.07, 6.45) is 0. The van der Waals surface area contributed by atoms with Gasteiger partial charge in [0.25, 0.3) is 0 Å². The van der Waals surface area contributed by atoms with E-state index in [1.165, 1.54) is 0 Å². The Bertz CT molecular complexity index is 634. The molecule has 0 saturated carbocycles. The van der Waals surface area contributed by atoms with Gasteiger partial charge in [-0.25, -0.2) is 0 Å². The molecular weight excluding hydrogens is 345 g/mol. The molecule has 12 heteroatoms. The molecule has 1 rings (SSSR count). The topological polar surface area (TPSA) is 134 Å². The monoisotopic (exact) mass is 352 g/mol. The van der Waals surface area contributed by atoms with Gasteiger partial charge in [-0.1, -0.05) is 0 Å². The first kappa shape index (κ1) is 16.2. The first-order valence-corrected chi connectivity index (χ1v) is 8.01. The van der Waals surface area contributed by atoms with Crippen LogP contribution in [-0.2, 0) is 16.2 Å². The predicted octanol–water partition coefficient (Wildman–Crippen LogP) is 1.04. The number of nitrogens with one attached hydrogen (secondary N) is 1. The zero-order chi connectivity index (χ0) is 15.3. The normalized spacial score (nSPS) is 13.2. The number of carbonyl (C=O) groups is 1. The van der Waals surface area contributed by atoms with Crippen LogP contribution in [0.3, 0.4) is 0 Å². The summed E-state index contributed by atoms with van der Waals surface area (Å²) < 4.78 is 46.0. The second kappa shape index (κ2) is 6.51. The molecular formula is C8H7AsF2N4O5. The van der Waals surface area contributed by atoms with Gasteiger partial charge >= 0.3 is 112 Å². The molecule has 0 radical (unpaired) electrons. The fourth-order valence-corrected chi connectivity index (χ4v) is 3.49. The predicted molar refractivity (Wildman–Crippen MR) is 59.9 cm³/mol. The number of azide groups is 1. The van der Waals surface area contributed by atoms with Gasteiger partial charge in [0.15, 0.2) is 0 Å². The van der Waals surface area contributed by atoms with Gasteiger partial charge in [0.1, 0.15) is 0 Å². The molecule has 1 aromatic carbocycles. The van der Waals surface area contributed by atoms with E-state index in [1.807, 2.05) is 0 Å². The molecule has 0 aliphatic heterocycles. The maximum atomic E-state index is 13.5. The van der Waals surface area contributed by atoms with E-state index < -0.39 is 41.8 Å². The molecule has 0 saturated heterocycles. The summed E-state index contributed by atoms with van der Waals surface area (Å²) in [7, 11) is 0. The quantitative estimate of drug-likeness (QED) is 0.204. The van der Waals surface area contributed by atoms with Crippen molar-refractivity contribution in [3.8, 4) is 0 Å². The molecule has 1 atom stereocenters. The van der Waals surface area contributed by atoms with E-state index >= 15 is 0 Å². The molecule has 1 amide bonds. The number of nitrogens with zero attached hydrogens (tertiary/aromatic N) is 3. The second-order valence-electron chi connectivity index (χ2n) is 3.25. The van der Waals surface area contributed by atoms with Crippen LogP contribution in [0, 0.1) is 11.6 Å². The molecule has 0 bridgehead atoms. The number of carbonyl (C=O) groups excluding carboxylic acids is 1. The fourth-order valence-electron chi connectivity index (χ4n) is 1.12. The molecule has 108 valence electrons. The Morgan fingerprint density at radius 2 is 2.20 bits per heavy atom. The SMILES string of the molecule is CC(=O)NO[As](=O)(OO)c1ccc(F)c(F)c1N=[N+]=[N-]. The Hall–Kier alpha value is -1.90. The van der Waals surface area contributed by atoms with E-state index in [1.54, 1.807) is 5.48 Å². The Labute approximate surface area is 113 Å². The van der Waals surface area contributed by atoms with Gasteiger partial charge in [-0.2, -0.15) is 0 Å². The Morgan fingerprint density at radius 3 is 2.70 bits per heavy atom. The van der Waals surface area contributed by atoms with E-state index in [2.05, 4.69) is 17.7 Å². The van der Waals surface area contributed by atoms with Crippen molar-refractivity contribution in [1.82, 2.24) is 5.48 Å². The minimum absolute atomic E-state index is 0.561. The number of rotatable bonds is 5. The number of hydrogen-bond donors (Lipinski definition) is 2. The number of amides is 1. The van der Waals surface area contributed by atoms with Crippen LogP contribution in [0.15, 0.2) is 17.2 Å². The van der Waals surface area contributed by atoms with Crippen molar-refractivity contribution in [3.05, 3.63) is 34.2 Å². The third-order valence-electron chi connectivity index (χ3n) is 1.90. The molecule has 0 fully saturated rings. The van der Waals surface area contributed by atoms with Crippen LogP contribution in [0.25, 0.3) is 10.4 Å². The molecule has 0 aliphatic rings. The number of hydroxylamine groups is 1. The maximum absolute atomic E-state index is 13.5. The van der Waals surface area contributed by atoms with Gasteiger partial charge in [0, 0.05) is 0 Å². The zero-order valence-corrected chi connectivity index (χ0v) is 11.7. The van der Waals surface area contributed by atoms with Gasteiger partial charge in [-0.15, -0.1) is 0 Å². The van der Waals surface area contributed by atoms with Gasteiger partial charge < -0.3 is 0 Å². The Morgan fingerprint density at radius 1 is 1.55 bits per heavy atom. The van der Waals surface area contributed by atoms with Crippen LogP contribution in [0.4, 0.5) is 14.5 Å². The average Bonchev–Trinajstić information content (AvgIpc) is 2.41. The molecule has 20 heavy (non-hydrogen) atoms. The third-order valence-corrected chi connectivity index (χ3v) is 5.05. The summed E-state index contributed by atoms with van der Waals surface area (Å²) >= 11 is -5.39. The molecule has 1 unspecified atom stereocenters. The van der Waals surface area contributed by atoms with Crippen LogP contribution >= 0.6 is 0 Å². The number of hydrogen-bond acceptors (Lipinski definition) is 6. The Balaban J connectivity index is 3.42. The van der Waals surface area contributed by atoms with Crippen molar-refractivity contribution in [2.24, 2.45) is 5.11 Å². The van der Waals surface area contributed by atoms with Crippen LogP contribution in [-0.4, -0.2) is 25.3 Å². The van der Waals surface area contributed by atoms with Gasteiger partial charge in [-0.05, 0) is 0 Å². The van der Waals surface area contributed by atoms with E-state index in [0.717, 1.165) is 13.0 Å². The number of halogens is 2. The summed E-state index contributed by atoms with van der Waals surface area (Å²) in [5.41, 5.74) is 8.91. The van der Waals surface area contributed by atoms with Crippen molar-refractivity contribution in [1.29, 1.82) is 0 Å². The van der Waals surface area contributed by atoms with Crippen LogP contribution < -0.4 is 9.83 Å². The average molecular weight is 352 g/mol. The first-order chi connectivity index (χ1) is 9.35. The summed E-state index contributed by atoms with van der Waals surface area (Å²) in [6.45, 7) is 0.997. The summed E-state index contributed by atoms with van der Waals surface area (Å²) in [5.74, 6) is -3.78. The van der Waals surface area contributed by atoms with Crippen molar-refractivity contribution in [3.63, 3.8) is 0 Å². The van der Waals surface area contributed by atoms with Gasteiger partial charge in [0.05, 0.1) is 0 Å². The van der Waals surface area contributed by atoms with Crippen LogP contribution in [0.2, 0.25) is 0 Å². The van der Waals surface area contributed by atoms with Crippen molar-refractivity contribution in [2.45, 2.75) is 6.92 Å². The summed E-state index contributed by atoms with van der Waals surface area (Å²) in [4.78, 5) is 12.9. The standard InChI is InChI=1S/C8H7AsF2N4O5/c1-4(16)14-19-9(17,20-18)5-2-3-6(10)7(11)8(5)13-15-12/h2-3,18H,1H3,(H,14,16). The van der Waals surface area contributed by atoms with Crippen LogP contribution in [0.5, 0.6) is 0 Å². The van der Waals surface area contributed by atoms with E-state index in [-0.39, 0.29) is 0 Å². The fraction of sp³-hybridized carbons (Fsp3) is 0.125. The third kappa shape index (κ3) is 3.35. The molecule has 0 heterocycles. The molecule has 1 aromatic rings.